The summed E-state index contributed by atoms with van der Waals surface area (Å²) < 4.78 is 0. The summed E-state index contributed by atoms with van der Waals surface area (Å²) in [7, 11) is 0. The minimum Gasteiger partial charge on any atom is -0.367 e. The molecule has 0 radical (unpaired) electrons. The second-order valence-electron chi connectivity index (χ2n) is 5.85. The number of aromatic amines is 1. The van der Waals surface area contributed by atoms with Crippen LogP contribution in [0.3, 0.4) is 0 Å². The molecule has 0 saturated carbocycles. The summed E-state index contributed by atoms with van der Waals surface area (Å²) >= 11 is 0. The number of carbonyl (C=O) groups is 1. The van der Waals surface area contributed by atoms with Crippen LogP contribution in [0.4, 0.5) is 17.5 Å². The first-order valence-electron chi connectivity index (χ1n) is 7.76. The Labute approximate surface area is 143 Å². The van der Waals surface area contributed by atoms with Gasteiger partial charge in [-0.1, -0.05) is 0 Å². The summed E-state index contributed by atoms with van der Waals surface area (Å²) in [5.41, 5.74) is 5.42. The quantitative estimate of drug-likeness (QED) is 0.563. The molecule has 0 fully saturated rings. The number of nitrogens with two attached hydrogens (primary N) is 1. The summed E-state index contributed by atoms with van der Waals surface area (Å²) in [5.74, 6) is 0.868. The van der Waals surface area contributed by atoms with Gasteiger partial charge in [-0.15, -0.1) is 0 Å². The van der Waals surface area contributed by atoms with Gasteiger partial charge in [0.15, 0.2) is 0 Å². The minimum absolute atomic E-state index is 0.0990. The third-order valence-corrected chi connectivity index (χ3v) is 3.48. The standard InChI is InChI=1S/C17H18N6O2/c1-9(2)21-16-14-10(3-6-20-17(14)25)7-13(23-16)22-12-8-11(15(18)24)4-5-19-12/h3-9H,1-2H3,(H2,18,24)(H,20,25)(H2,19,21,22,23). The van der Waals surface area contributed by atoms with Crippen LogP contribution in [0.1, 0.15) is 24.2 Å². The third kappa shape index (κ3) is 3.57. The lowest BCUT2D eigenvalue weighted by atomic mass is 10.2. The summed E-state index contributed by atoms with van der Waals surface area (Å²) in [5, 5.41) is 7.44. The van der Waals surface area contributed by atoms with E-state index in [0.717, 1.165) is 5.39 Å². The van der Waals surface area contributed by atoms with Gasteiger partial charge in [0.1, 0.15) is 17.5 Å². The van der Waals surface area contributed by atoms with Crippen molar-refractivity contribution in [2.24, 2.45) is 5.73 Å². The molecule has 128 valence electrons. The lowest BCUT2D eigenvalue weighted by Gasteiger charge is -2.14. The van der Waals surface area contributed by atoms with Crippen molar-refractivity contribution in [3.05, 3.63) is 52.6 Å². The number of pyridine rings is 3. The molecule has 0 aliphatic rings. The minimum atomic E-state index is -0.536. The average Bonchev–Trinajstić information content (AvgIpc) is 2.54. The highest BCUT2D eigenvalue weighted by Crippen LogP contribution is 2.24. The maximum Gasteiger partial charge on any atom is 0.259 e. The molecule has 3 aromatic heterocycles. The van der Waals surface area contributed by atoms with Gasteiger partial charge in [-0.05, 0) is 43.5 Å². The number of hydrogen-bond donors (Lipinski definition) is 4. The molecule has 25 heavy (non-hydrogen) atoms. The third-order valence-electron chi connectivity index (χ3n) is 3.48. The fourth-order valence-corrected chi connectivity index (χ4v) is 2.44. The van der Waals surface area contributed by atoms with Gasteiger partial charge in [-0.25, -0.2) is 9.97 Å². The summed E-state index contributed by atoms with van der Waals surface area (Å²) in [4.78, 5) is 34.7. The first kappa shape index (κ1) is 16.4. The molecule has 0 aliphatic carbocycles. The zero-order valence-corrected chi connectivity index (χ0v) is 13.8. The van der Waals surface area contributed by atoms with Crippen LogP contribution in [0.2, 0.25) is 0 Å². The van der Waals surface area contributed by atoms with Crippen LogP contribution in [0.15, 0.2) is 41.5 Å². The predicted octanol–water partition coefficient (Wildman–Crippen LogP) is 1.98. The number of carbonyl (C=O) groups excluding carboxylic acids is 1. The molecular formula is C17H18N6O2. The molecule has 0 atom stereocenters. The van der Waals surface area contributed by atoms with E-state index in [0.29, 0.717) is 28.4 Å². The van der Waals surface area contributed by atoms with Crippen LogP contribution in [0, 0.1) is 0 Å². The van der Waals surface area contributed by atoms with E-state index >= 15 is 0 Å². The monoisotopic (exact) mass is 338 g/mol. The van der Waals surface area contributed by atoms with Crippen molar-refractivity contribution in [3.63, 3.8) is 0 Å². The summed E-state index contributed by atoms with van der Waals surface area (Å²) in [6.07, 6.45) is 3.07. The highest BCUT2D eigenvalue weighted by Gasteiger charge is 2.11. The molecule has 3 rings (SSSR count). The number of aromatic nitrogens is 3. The summed E-state index contributed by atoms with van der Waals surface area (Å²) in [6.45, 7) is 3.92. The van der Waals surface area contributed by atoms with Crippen LogP contribution in [0.25, 0.3) is 10.8 Å². The lowest BCUT2D eigenvalue weighted by Crippen LogP contribution is -2.16. The molecule has 3 heterocycles. The maximum absolute atomic E-state index is 12.2. The Hall–Kier alpha value is -3.42. The Morgan fingerprint density at radius 2 is 2.04 bits per heavy atom. The Balaban J connectivity index is 2.06. The number of rotatable bonds is 5. The topological polar surface area (TPSA) is 126 Å². The highest BCUT2D eigenvalue weighted by atomic mass is 16.1. The molecule has 3 aromatic rings. The normalized spacial score (nSPS) is 10.8. The van der Waals surface area contributed by atoms with Crippen LogP contribution in [-0.2, 0) is 0 Å². The van der Waals surface area contributed by atoms with Crippen LogP contribution in [0.5, 0.6) is 0 Å². The maximum atomic E-state index is 12.2. The van der Waals surface area contributed by atoms with Gasteiger partial charge in [0.05, 0.1) is 5.39 Å². The van der Waals surface area contributed by atoms with E-state index < -0.39 is 5.91 Å². The van der Waals surface area contributed by atoms with E-state index in [2.05, 4.69) is 25.6 Å². The number of primary amides is 1. The predicted molar refractivity (Wildman–Crippen MR) is 97.2 cm³/mol. The zero-order chi connectivity index (χ0) is 18.0. The van der Waals surface area contributed by atoms with Gasteiger partial charge in [-0.3, -0.25) is 9.59 Å². The first-order valence-corrected chi connectivity index (χ1v) is 7.76. The van der Waals surface area contributed by atoms with E-state index in [1.165, 1.54) is 12.3 Å². The molecule has 0 spiro atoms. The smallest absolute Gasteiger partial charge is 0.259 e. The van der Waals surface area contributed by atoms with E-state index in [-0.39, 0.29) is 11.6 Å². The van der Waals surface area contributed by atoms with Crippen molar-refractivity contribution in [1.82, 2.24) is 15.0 Å². The SMILES string of the molecule is CC(C)Nc1nc(Nc2cc(C(N)=O)ccn2)cc2cc[nH]c(=O)c12. The van der Waals surface area contributed by atoms with Crippen molar-refractivity contribution in [2.45, 2.75) is 19.9 Å². The van der Waals surface area contributed by atoms with Gasteiger partial charge >= 0.3 is 0 Å². The number of nitrogens with one attached hydrogen (secondary N) is 3. The van der Waals surface area contributed by atoms with E-state index in [4.69, 9.17) is 5.73 Å². The number of anilines is 3. The molecular weight excluding hydrogens is 320 g/mol. The van der Waals surface area contributed by atoms with Gasteiger partial charge in [0.2, 0.25) is 5.91 Å². The highest BCUT2D eigenvalue weighted by molar-refractivity contribution is 5.94. The molecule has 0 saturated heterocycles. The Morgan fingerprint density at radius 1 is 1.24 bits per heavy atom. The number of H-pyrrole nitrogens is 1. The largest absolute Gasteiger partial charge is 0.367 e. The molecule has 0 bridgehead atoms. The molecule has 8 heteroatoms. The number of hydrogen-bond acceptors (Lipinski definition) is 6. The second kappa shape index (κ2) is 6.60. The number of fused-ring (bicyclic) bond motifs is 1. The molecule has 0 aromatic carbocycles. The van der Waals surface area contributed by atoms with E-state index in [9.17, 15) is 9.59 Å². The first-order chi connectivity index (χ1) is 11.9. The molecule has 0 aliphatic heterocycles. The Kier molecular flexibility index (Phi) is 4.34. The van der Waals surface area contributed by atoms with Crippen LogP contribution in [-0.4, -0.2) is 26.9 Å². The number of nitrogens with zero attached hydrogens (tertiary/aromatic N) is 2. The molecule has 5 N–H and O–H groups in total. The second-order valence-corrected chi connectivity index (χ2v) is 5.85. The van der Waals surface area contributed by atoms with E-state index in [1.54, 1.807) is 24.4 Å². The molecule has 0 unspecified atom stereocenters. The lowest BCUT2D eigenvalue weighted by molar-refractivity contribution is 0.1000. The van der Waals surface area contributed by atoms with Crippen LogP contribution < -0.4 is 21.9 Å². The van der Waals surface area contributed by atoms with Gasteiger partial charge in [0.25, 0.3) is 5.56 Å². The van der Waals surface area contributed by atoms with Crippen molar-refractivity contribution in [1.29, 1.82) is 0 Å². The number of amides is 1. The van der Waals surface area contributed by atoms with Crippen LogP contribution >= 0.6 is 0 Å². The van der Waals surface area contributed by atoms with Crippen molar-refractivity contribution in [2.75, 3.05) is 10.6 Å². The summed E-state index contributed by atoms with van der Waals surface area (Å²) in [6, 6.07) is 6.72. The fraction of sp³-hybridized carbons (Fsp3) is 0.176. The van der Waals surface area contributed by atoms with Crippen molar-refractivity contribution >= 4 is 34.1 Å². The van der Waals surface area contributed by atoms with E-state index in [1.807, 2.05) is 13.8 Å². The van der Waals surface area contributed by atoms with Gasteiger partial charge in [-0.2, -0.15) is 0 Å². The Morgan fingerprint density at radius 3 is 2.76 bits per heavy atom. The average molecular weight is 338 g/mol. The van der Waals surface area contributed by atoms with Gasteiger partial charge in [0, 0.05) is 24.0 Å². The van der Waals surface area contributed by atoms with Crippen molar-refractivity contribution < 1.29 is 4.79 Å². The molecule has 1 amide bonds. The fourth-order valence-electron chi connectivity index (χ4n) is 2.44. The van der Waals surface area contributed by atoms with Crippen molar-refractivity contribution in [3.8, 4) is 0 Å². The zero-order valence-electron chi connectivity index (χ0n) is 13.8. The molecule has 8 nitrogen and oxygen atoms in total. The Bertz CT molecular complexity index is 996. The van der Waals surface area contributed by atoms with Gasteiger partial charge < -0.3 is 21.4 Å².